The molecule has 0 aliphatic heterocycles. The molecule has 2 nitrogen and oxygen atoms in total. The Hall–Kier alpha value is -0.660. The smallest absolute Gasteiger partial charge is 0.107 e. The average Bonchev–Trinajstić information content (AvgIpc) is 2.26. The SMILES string of the molecule is CCCCCCCCC/C=C\C(C)N=O. The van der Waals surface area contributed by atoms with E-state index in [4.69, 9.17) is 0 Å². The van der Waals surface area contributed by atoms with Crippen LogP contribution in [0.1, 0.15) is 65.2 Å². The second-order valence-electron chi connectivity index (χ2n) is 4.18. The first-order valence-corrected chi connectivity index (χ1v) is 6.30. The average molecular weight is 211 g/mol. The van der Waals surface area contributed by atoms with E-state index in [1.807, 2.05) is 13.0 Å². The molecule has 0 fully saturated rings. The zero-order chi connectivity index (χ0) is 11.4. The maximum absolute atomic E-state index is 10.1. The van der Waals surface area contributed by atoms with Crippen LogP contribution < -0.4 is 0 Å². The molecule has 15 heavy (non-hydrogen) atoms. The van der Waals surface area contributed by atoms with Gasteiger partial charge in [0.1, 0.15) is 6.04 Å². The molecule has 0 saturated carbocycles. The second kappa shape index (κ2) is 11.4. The Balaban J connectivity index is 3.11. The molecule has 0 aromatic heterocycles. The quantitative estimate of drug-likeness (QED) is 0.289. The third-order valence-electron chi connectivity index (χ3n) is 2.56. The highest BCUT2D eigenvalue weighted by Crippen LogP contribution is 2.08. The molecular weight excluding hydrogens is 186 g/mol. The molecule has 0 aromatic carbocycles. The molecule has 0 heterocycles. The van der Waals surface area contributed by atoms with Crippen LogP contribution in [0.2, 0.25) is 0 Å². The van der Waals surface area contributed by atoms with E-state index in [0.29, 0.717) is 0 Å². The first kappa shape index (κ1) is 14.3. The third-order valence-corrected chi connectivity index (χ3v) is 2.56. The predicted molar refractivity (Wildman–Crippen MR) is 67.0 cm³/mol. The fraction of sp³-hybridized carbons (Fsp3) is 0.846. The lowest BCUT2D eigenvalue weighted by Gasteiger charge is -1.99. The zero-order valence-electron chi connectivity index (χ0n) is 10.2. The van der Waals surface area contributed by atoms with Gasteiger partial charge in [-0.05, 0) is 19.8 Å². The molecule has 0 rings (SSSR count). The first-order chi connectivity index (χ1) is 7.31. The summed E-state index contributed by atoms with van der Waals surface area (Å²) < 4.78 is 0. The standard InChI is InChI=1S/C13H25NO/c1-3-4-5-6-7-8-9-10-11-12-13(2)14-15/h11-13H,3-10H2,1-2H3/b12-11-. The molecule has 2 heteroatoms. The molecule has 0 radical (unpaired) electrons. The molecule has 0 spiro atoms. The lowest BCUT2D eigenvalue weighted by atomic mass is 10.1. The van der Waals surface area contributed by atoms with Gasteiger partial charge in [-0.3, -0.25) is 0 Å². The van der Waals surface area contributed by atoms with Crippen molar-refractivity contribution >= 4 is 0 Å². The van der Waals surface area contributed by atoms with Crippen LogP contribution in [0, 0.1) is 4.91 Å². The summed E-state index contributed by atoms with van der Waals surface area (Å²) in [5.41, 5.74) is 0. The van der Waals surface area contributed by atoms with Crippen molar-refractivity contribution in [3.8, 4) is 0 Å². The lowest BCUT2D eigenvalue weighted by molar-refractivity contribution is 0.592. The van der Waals surface area contributed by atoms with Gasteiger partial charge in [0.25, 0.3) is 0 Å². The van der Waals surface area contributed by atoms with Gasteiger partial charge in [-0.25, -0.2) is 0 Å². The van der Waals surface area contributed by atoms with Crippen molar-refractivity contribution in [1.82, 2.24) is 0 Å². The predicted octanol–water partition coefficient (Wildman–Crippen LogP) is 4.84. The fourth-order valence-corrected chi connectivity index (χ4v) is 1.55. The van der Waals surface area contributed by atoms with Crippen molar-refractivity contribution in [3.05, 3.63) is 17.1 Å². The van der Waals surface area contributed by atoms with Crippen molar-refractivity contribution in [2.45, 2.75) is 71.3 Å². The summed E-state index contributed by atoms with van der Waals surface area (Å²) in [5, 5.41) is 2.92. The summed E-state index contributed by atoms with van der Waals surface area (Å²) in [7, 11) is 0. The molecular formula is C13H25NO. The summed E-state index contributed by atoms with van der Waals surface area (Å²) in [6, 6.07) is -0.158. The first-order valence-electron chi connectivity index (χ1n) is 6.30. The summed E-state index contributed by atoms with van der Waals surface area (Å²) in [6.45, 7) is 4.06. The monoisotopic (exact) mass is 211 g/mol. The molecule has 0 bridgehead atoms. The minimum Gasteiger partial charge on any atom is -0.150 e. The van der Waals surface area contributed by atoms with Crippen molar-refractivity contribution in [1.29, 1.82) is 0 Å². The Morgan fingerprint density at radius 1 is 1.07 bits per heavy atom. The molecule has 1 atom stereocenters. The highest BCUT2D eigenvalue weighted by Gasteiger charge is 1.92. The maximum atomic E-state index is 10.1. The lowest BCUT2D eigenvalue weighted by Crippen LogP contribution is -1.88. The normalized spacial score (nSPS) is 13.2. The molecule has 0 amide bonds. The van der Waals surface area contributed by atoms with E-state index in [1.165, 1.54) is 44.9 Å². The maximum Gasteiger partial charge on any atom is 0.107 e. The summed E-state index contributed by atoms with van der Waals surface area (Å²) in [6.07, 6.45) is 14.4. The fourth-order valence-electron chi connectivity index (χ4n) is 1.55. The van der Waals surface area contributed by atoms with Crippen LogP contribution in [0.5, 0.6) is 0 Å². The molecule has 0 aliphatic rings. The van der Waals surface area contributed by atoms with Crippen LogP contribution in [0.3, 0.4) is 0 Å². The van der Waals surface area contributed by atoms with Crippen LogP contribution >= 0.6 is 0 Å². The van der Waals surface area contributed by atoms with E-state index in [9.17, 15) is 4.91 Å². The summed E-state index contributed by atoms with van der Waals surface area (Å²) in [5.74, 6) is 0. The van der Waals surface area contributed by atoms with Gasteiger partial charge in [0.15, 0.2) is 0 Å². The van der Waals surface area contributed by atoms with E-state index in [-0.39, 0.29) is 6.04 Å². The Kier molecular flexibility index (Phi) is 10.9. The van der Waals surface area contributed by atoms with Crippen LogP contribution in [-0.2, 0) is 0 Å². The summed E-state index contributed by atoms with van der Waals surface area (Å²) in [4.78, 5) is 10.1. The van der Waals surface area contributed by atoms with Crippen molar-refractivity contribution in [3.63, 3.8) is 0 Å². The molecule has 88 valence electrons. The van der Waals surface area contributed by atoms with Gasteiger partial charge in [-0.1, -0.05) is 62.8 Å². The minimum atomic E-state index is -0.158. The topological polar surface area (TPSA) is 29.4 Å². The van der Waals surface area contributed by atoms with Gasteiger partial charge in [-0.15, -0.1) is 0 Å². The molecule has 0 aliphatic carbocycles. The Bertz CT molecular complexity index is 166. The molecule has 0 aromatic rings. The van der Waals surface area contributed by atoms with Crippen LogP contribution in [0.15, 0.2) is 17.3 Å². The van der Waals surface area contributed by atoms with Gasteiger partial charge < -0.3 is 0 Å². The Morgan fingerprint density at radius 2 is 1.67 bits per heavy atom. The van der Waals surface area contributed by atoms with E-state index in [1.54, 1.807) is 0 Å². The highest BCUT2D eigenvalue weighted by molar-refractivity contribution is 4.90. The largest absolute Gasteiger partial charge is 0.150 e. The van der Waals surface area contributed by atoms with Crippen LogP contribution in [-0.4, -0.2) is 6.04 Å². The van der Waals surface area contributed by atoms with E-state index >= 15 is 0 Å². The molecule has 0 saturated heterocycles. The van der Waals surface area contributed by atoms with Crippen molar-refractivity contribution in [2.75, 3.05) is 0 Å². The second-order valence-corrected chi connectivity index (χ2v) is 4.18. The highest BCUT2D eigenvalue weighted by atomic mass is 16.3. The number of allylic oxidation sites excluding steroid dienone is 1. The molecule has 0 N–H and O–H groups in total. The summed E-state index contributed by atoms with van der Waals surface area (Å²) >= 11 is 0. The van der Waals surface area contributed by atoms with Crippen molar-refractivity contribution in [2.24, 2.45) is 5.18 Å². The van der Waals surface area contributed by atoms with E-state index in [2.05, 4.69) is 18.2 Å². The number of nitroso groups, excluding NO2 is 1. The van der Waals surface area contributed by atoms with Crippen LogP contribution in [0.4, 0.5) is 0 Å². The number of hydrogen-bond acceptors (Lipinski definition) is 2. The number of unbranched alkanes of at least 4 members (excludes halogenated alkanes) is 7. The van der Waals surface area contributed by atoms with E-state index < -0.39 is 0 Å². The van der Waals surface area contributed by atoms with Crippen LogP contribution in [0.25, 0.3) is 0 Å². The van der Waals surface area contributed by atoms with Gasteiger partial charge in [0, 0.05) is 0 Å². The zero-order valence-corrected chi connectivity index (χ0v) is 10.2. The van der Waals surface area contributed by atoms with Crippen molar-refractivity contribution < 1.29 is 0 Å². The van der Waals surface area contributed by atoms with E-state index in [0.717, 1.165) is 6.42 Å². The number of rotatable bonds is 10. The Morgan fingerprint density at radius 3 is 2.27 bits per heavy atom. The number of hydrogen-bond donors (Lipinski definition) is 0. The number of nitrogens with zero attached hydrogens (tertiary/aromatic N) is 1. The van der Waals surface area contributed by atoms with Gasteiger partial charge in [0.2, 0.25) is 0 Å². The molecule has 1 unspecified atom stereocenters. The van der Waals surface area contributed by atoms with Gasteiger partial charge in [0.05, 0.1) is 0 Å². The third kappa shape index (κ3) is 11.3. The Labute approximate surface area is 94.1 Å². The minimum absolute atomic E-state index is 0.158. The van der Waals surface area contributed by atoms with Gasteiger partial charge in [-0.2, -0.15) is 4.91 Å². The van der Waals surface area contributed by atoms with Gasteiger partial charge >= 0.3 is 0 Å².